The number of allylic oxidation sites excluding steroid dienone is 1. The van der Waals surface area contributed by atoms with Gasteiger partial charge in [-0.05, 0) is 59.2 Å². The Morgan fingerprint density at radius 3 is 2.68 bits per heavy atom. The molecule has 0 bridgehead atoms. The Hall–Kier alpha value is -2.54. The molecule has 1 atom stereocenters. The van der Waals surface area contributed by atoms with E-state index in [1.807, 2.05) is 40.3 Å². The second-order valence-corrected chi connectivity index (χ2v) is 10.6. The van der Waals surface area contributed by atoms with Crippen LogP contribution in [0.3, 0.4) is 0 Å². The zero-order chi connectivity index (χ0) is 20.9. The zero-order valence-electron chi connectivity index (χ0n) is 16.4. The Kier molecular flexibility index (Phi) is 4.67. The van der Waals surface area contributed by atoms with Gasteiger partial charge in [-0.1, -0.05) is 69.7 Å². The normalized spacial score (nSPS) is 17.7. The van der Waals surface area contributed by atoms with Crippen LogP contribution >= 0.6 is 38.6 Å². The van der Waals surface area contributed by atoms with Crippen molar-refractivity contribution in [2.24, 2.45) is 4.99 Å². The summed E-state index contributed by atoms with van der Waals surface area (Å²) < 4.78 is 3.67. The molecule has 4 aromatic rings. The molecule has 1 aliphatic heterocycles. The molecule has 0 fully saturated rings. The highest BCUT2D eigenvalue weighted by Crippen LogP contribution is 2.41. The van der Waals surface area contributed by atoms with Crippen molar-refractivity contribution in [2.75, 3.05) is 0 Å². The van der Waals surface area contributed by atoms with Gasteiger partial charge < -0.3 is 0 Å². The summed E-state index contributed by atoms with van der Waals surface area (Å²) in [5.74, 6) is 0. The van der Waals surface area contributed by atoms with Crippen LogP contribution in [-0.2, 0) is 6.42 Å². The van der Waals surface area contributed by atoms with Gasteiger partial charge in [-0.25, -0.2) is 4.99 Å². The lowest BCUT2D eigenvalue weighted by Crippen LogP contribution is -2.38. The average Bonchev–Trinajstić information content (AvgIpc) is 3.41. The van der Waals surface area contributed by atoms with Crippen LogP contribution in [-0.4, -0.2) is 4.57 Å². The fourth-order valence-electron chi connectivity index (χ4n) is 4.47. The Morgan fingerprint density at radius 2 is 1.87 bits per heavy atom. The minimum Gasteiger partial charge on any atom is -0.272 e. The SMILES string of the molecule is O=c1/c(=C/c2cccs2)sc2n1C(c1ccc(Br)cc1)C1=C(N=2)c2ccccc2CC1. The molecule has 2 aromatic carbocycles. The third kappa shape index (κ3) is 3.21. The summed E-state index contributed by atoms with van der Waals surface area (Å²) in [6, 6.07) is 20.8. The highest BCUT2D eigenvalue weighted by Gasteiger charge is 2.32. The molecule has 3 heterocycles. The number of thiophene rings is 1. The van der Waals surface area contributed by atoms with E-state index in [-0.39, 0.29) is 11.6 Å². The number of aromatic nitrogens is 1. The minimum atomic E-state index is -0.127. The van der Waals surface area contributed by atoms with Gasteiger partial charge >= 0.3 is 0 Å². The van der Waals surface area contributed by atoms with Gasteiger partial charge in [0.1, 0.15) is 0 Å². The fraction of sp³-hybridized carbons (Fsp3) is 0.120. The van der Waals surface area contributed by atoms with Crippen LogP contribution in [0.2, 0.25) is 0 Å². The maximum Gasteiger partial charge on any atom is 0.271 e. The summed E-state index contributed by atoms with van der Waals surface area (Å²) in [6.45, 7) is 0. The van der Waals surface area contributed by atoms with Gasteiger partial charge in [0.2, 0.25) is 0 Å². The lowest BCUT2D eigenvalue weighted by Gasteiger charge is -2.30. The summed E-state index contributed by atoms with van der Waals surface area (Å²) in [5.41, 5.74) is 5.96. The van der Waals surface area contributed by atoms with Crippen molar-refractivity contribution >= 4 is 50.4 Å². The minimum absolute atomic E-state index is 0.0375. The third-order valence-electron chi connectivity index (χ3n) is 5.88. The molecule has 0 spiro atoms. The Balaban J connectivity index is 1.65. The number of hydrogen-bond donors (Lipinski definition) is 0. The molecule has 0 saturated heterocycles. The van der Waals surface area contributed by atoms with E-state index in [4.69, 9.17) is 4.99 Å². The van der Waals surface area contributed by atoms with Crippen LogP contribution in [0.1, 0.15) is 34.0 Å². The van der Waals surface area contributed by atoms with Crippen molar-refractivity contribution in [2.45, 2.75) is 18.9 Å². The lowest BCUT2D eigenvalue weighted by molar-refractivity contribution is 0.585. The molecular formula is C25H17BrN2OS2. The topological polar surface area (TPSA) is 34.4 Å². The highest BCUT2D eigenvalue weighted by atomic mass is 79.9. The van der Waals surface area contributed by atoms with Gasteiger partial charge in [-0.3, -0.25) is 9.36 Å². The molecule has 0 radical (unpaired) electrons. The van der Waals surface area contributed by atoms with E-state index < -0.39 is 0 Å². The Labute approximate surface area is 195 Å². The van der Waals surface area contributed by atoms with E-state index >= 15 is 0 Å². The Morgan fingerprint density at radius 1 is 1.03 bits per heavy atom. The first-order chi connectivity index (χ1) is 15.2. The molecule has 3 nitrogen and oxygen atoms in total. The molecule has 152 valence electrons. The summed E-state index contributed by atoms with van der Waals surface area (Å²) in [6.07, 6.45) is 3.87. The molecule has 0 amide bonds. The summed E-state index contributed by atoms with van der Waals surface area (Å²) in [7, 11) is 0. The Bertz CT molecular complexity index is 1510. The number of benzene rings is 2. The first kappa shape index (κ1) is 19.2. The van der Waals surface area contributed by atoms with Crippen molar-refractivity contribution in [3.63, 3.8) is 0 Å². The van der Waals surface area contributed by atoms with Gasteiger partial charge in [0.15, 0.2) is 4.80 Å². The van der Waals surface area contributed by atoms with E-state index in [1.165, 1.54) is 28.0 Å². The van der Waals surface area contributed by atoms with Crippen molar-refractivity contribution in [1.29, 1.82) is 0 Å². The quantitative estimate of drug-likeness (QED) is 0.372. The maximum atomic E-state index is 13.6. The monoisotopic (exact) mass is 504 g/mol. The maximum absolute atomic E-state index is 13.6. The molecule has 6 rings (SSSR count). The van der Waals surface area contributed by atoms with Crippen LogP contribution < -0.4 is 14.9 Å². The molecule has 2 aromatic heterocycles. The van der Waals surface area contributed by atoms with Gasteiger partial charge in [-0.15, -0.1) is 11.3 Å². The van der Waals surface area contributed by atoms with E-state index in [9.17, 15) is 4.79 Å². The van der Waals surface area contributed by atoms with Crippen LogP contribution in [0.25, 0.3) is 11.8 Å². The smallest absolute Gasteiger partial charge is 0.271 e. The standard InChI is InChI=1S/C25H17BrN2OS2/c26-17-10-7-16(8-11-17)23-20-12-9-15-4-1-2-6-19(15)22(20)27-25-28(23)24(29)21(31-25)14-18-5-3-13-30-18/h1-8,10-11,13-14,23H,9,12H2/b21-14-. The van der Waals surface area contributed by atoms with E-state index in [1.54, 1.807) is 11.3 Å². The molecule has 2 aliphatic rings. The number of rotatable bonds is 2. The number of aryl methyl sites for hydroxylation is 1. The third-order valence-corrected chi connectivity index (χ3v) is 8.21. The second kappa shape index (κ2) is 7.55. The molecule has 0 N–H and O–H groups in total. The predicted octanol–water partition coefficient (Wildman–Crippen LogP) is 5.14. The number of nitrogens with zero attached hydrogens (tertiary/aromatic N) is 2. The summed E-state index contributed by atoms with van der Waals surface area (Å²) >= 11 is 6.66. The molecule has 1 aliphatic carbocycles. The first-order valence-corrected chi connectivity index (χ1v) is 12.6. The van der Waals surface area contributed by atoms with Crippen LogP contribution in [0.4, 0.5) is 0 Å². The number of thiazole rings is 1. The van der Waals surface area contributed by atoms with E-state index in [0.717, 1.165) is 42.8 Å². The first-order valence-electron chi connectivity index (χ1n) is 10.1. The van der Waals surface area contributed by atoms with Gasteiger partial charge in [-0.2, -0.15) is 0 Å². The van der Waals surface area contributed by atoms with Crippen LogP contribution in [0.15, 0.2) is 85.9 Å². The average molecular weight is 505 g/mol. The van der Waals surface area contributed by atoms with Crippen molar-refractivity contribution in [3.8, 4) is 0 Å². The fourth-order valence-corrected chi connectivity index (χ4v) is 6.46. The largest absolute Gasteiger partial charge is 0.272 e. The lowest BCUT2D eigenvalue weighted by atomic mass is 9.83. The van der Waals surface area contributed by atoms with Crippen molar-refractivity contribution < 1.29 is 0 Å². The van der Waals surface area contributed by atoms with Crippen molar-refractivity contribution in [3.05, 3.63) is 117 Å². The van der Waals surface area contributed by atoms with Crippen molar-refractivity contribution in [1.82, 2.24) is 4.57 Å². The van der Waals surface area contributed by atoms with Gasteiger partial charge in [0, 0.05) is 14.9 Å². The predicted molar refractivity (Wildman–Crippen MR) is 131 cm³/mol. The van der Waals surface area contributed by atoms with E-state index in [0.29, 0.717) is 0 Å². The molecule has 0 saturated carbocycles. The summed E-state index contributed by atoms with van der Waals surface area (Å²) in [5, 5.41) is 2.03. The summed E-state index contributed by atoms with van der Waals surface area (Å²) in [4.78, 5) is 20.5. The van der Waals surface area contributed by atoms with Crippen LogP contribution in [0, 0.1) is 0 Å². The van der Waals surface area contributed by atoms with Gasteiger partial charge in [0.25, 0.3) is 5.56 Å². The van der Waals surface area contributed by atoms with E-state index in [2.05, 4.69) is 52.3 Å². The number of fused-ring (bicyclic) bond motifs is 3. The molecule has 31 heavy (non-hydrogen) atoms. The molecule has 6 heteroatoms. The zero-order valence-corrected chi connectivity index (χ0v) is 19.6. The molecule has 1 unspecified atom stereocenters. The second-order valence-electron chi connectivity index (χ2n) is 7.68. The number of hydrogen-bond acceptors (Lipinski definition) is 4. The number of halogens is 1. The van der Waals surface area contributed by atoms with Gasteiger partial charge in [0.05, 0.1) is 16.3 Å². The van der Waals surface area contributed by atoms with Crippen LogP contribution in [0.5, 0.6) is 0 Å². The highest BCUT2D eigenvalue weighted by molar-refractivity contribution is 9.10. The molecular weight excluding hydrogens is 488 g/mol.